The summed E-state index contributed by atoms with van der Waals surface area (Å²) in [7, 11) is 0. The highest BCUT2D eigenvalue weighted by Gasteiger charge is 2.29. The van der Waals surface area contributed by atoms with E-state index in [1.165, 1.54) is 21.0 Å². The van der Waals surface area contributed by atoms with E-state index in [9.17, 15) is 0 Å². The summed E-state index contributed by atoms with van der Waals surface area (Å²) >= 11 is 1.75. The molecule has 2 atom stereocenters. The van der Waals surface area contributed by atoms with Gasteiger partial charge in [0.15, 0.2) is 0 Å². The monoisotopic (exact) mass is 230 g/mol. The van der Waals surface area contributed by atoms with Gasteiger partial charge in [-0.25, -0.2) is 4.98 Å². The van der Waals surface area contributed by atoms with Gasteiger partial charge < -0.3 is 5.73 Å². The number of fused-ring (bicyclic) bond motifs is 1. The molecule has 3 rings (SSSR count). The van der Waals surface area contributed by atoms with Crippen LogP contribution in [-0.2, 0) is 6.42 Å². The van der Waals surface area contributed by atoms with E-state index < -0.39 is 0 Å². The third-order valence-corrected chi connectivity index (χ3v) is 4.45. The summed E-state index contributed by atoms with van der Waals surface area (Å²) in [4.78, 5) is 5.68. The van der Waals surface area contributed by atoms with E-state index in [0.717, 1.165) is 6.42 Å². The largest absolute Gasteiger partial charge is 0.323 e. The highest BCUT2D eigenvalue weighted by Crippen LogP contribution is 2.41. The molecule has 0 saturated carbocycles. The lowest BCUT2D eigenvalue weighted by Gasteiger charge is -2.28. The highest BCUT2D eigenvalue weighted by molar-refractivity contribution is 7.11. The van der Waals surface area contributed by atoms with Gasteiger partial charge in [0.25, 0.3) is 0 Å². The van der Waals surface area contributed by atoms with Crippen molar-refractivity contribution in [1.29, 1.82) is 0 Å². The van der Waals surface area contributed by atoms with Crippen molar-refractivity contribution in [2.75, 3.05) is 0 Å². The minimum absolute atomic E-state index is 0.0987. The first-order valence-corrected chi connectivity index (χ1v) is 6.36. The van der Waals surface area contributed by atoms with Gasteiger partial charge in [-0.15, -0.1) is 11.3 Å². The summed E-state index contributed by atoms with van der Waals surface area (Å²) in [5, 5.41) is 1.21. The van der Waals surface area contributed by atoms with Gasteiger partial charge in [0.05, 0.1) is 0 Å². The fourth-order valence-electron chi connectivity index (χ4n) is 2.15. The molecule has 1 aromatic heterocycles. The zero-order chi connectivity index (χ0) is 11.1. The Balaban J connectivity index is 1.91. The van der Waals surface area contributed by atoms with Crippen molar-refractivity contribution in [2.24, 2.45) is 5.73 Å². The van der Waals surface area contributed by atoms with Crippen LogP contribution in [0.15, 0.2) is 30.5 Å². The van der Waals surface area contributed by atoms with Crippen molar-refractivity contribution < 1.29 is 0 Å². The van der Waals surface area contributed by atoms with Gasteiger partial charge in [0, 0.05) is 23.0 Å². The van der Waals surface area contributed by atoms with Gasteiger partial charge in [-0.05, 0) is 24.5 Å². The Labute approximate surface area is 99.1 Å². The third-order valence-electron chi connectivity index (χ3n) is 3.14. The standard InChI is InChI=1S/C13H14N2S/c1-8(14)12-7-15-13(16-12)11-6-9-4-2-3-5-10(9)11/h2-5,7-8,11H,6,14H2,1H3. The fraction of sp³-hybridized carbons (Fsp3) is 0.308. The van der Waals surface area contributed by atoms with Crippen LogP contribution < -0.4 is 5.73 Å². The number of benzene rings is 1. The molecule has 1 heterocycles. The van der Waals surface area contributed by atoms with Gasteiger partial charge in [-0.1, -0.05) is 24.3 Å². The number of hydrogen-bond donors (Lipinski definition) is 1. The van der Waals surface area contributed by atoms with Gasteiger partial charge in [0.2, 0.25) is 0 Å². The highest BCUT2D eigenvalue weighted by atomic mass is 32.1. The maximum atomic E-state index is 5.85. The molecule has 0 fully saturated rings. The smallest absolute Gasteiger partial charge is 0.101 e. The maximum Gasteiger partial charge on any atom is 0.101 e. The van der Waals surface area contributed by atoms with E-state index >= 15 is 0 Å². The Hall–Kier alpha value is -1.19. The normalized spacial score (nSPS) is 20.0. The van der Waals surface area contributed by atoms with Gasteiger partial charge >= 0.3 is 0 Å². The Bertz CT molecular complexity index is 516. The molecular weight excluding hydrogens is 216 g/mol. The predicted octanol–water partition coefficient (Wildman–Crippen LogP) is 2.85. The molecule has 0 aliphatic heterocycles. The first kappa shape index (κ1) is 10.00. The number of aromatic nitrogens is 1. The van der Waals surface area contributed by atoms with Gasteiger partial charge in [-0.2, -0.15) is 0 Å². The first-order valence-electron chi connectivity index (χ1n) is 5.54. The molecule has 1 aliphatic rings. The van der Waals surface area contributed by atoms with Crippen LogP contribution in [0.1, 0.15) is 39.9 Å². The average Bonchev–Trinajstić information content (AvgIpc) is 2.69. The Morgan fingerprint density at radius 3 is 2.94 bits per heavy atom. The van der Waals surface area contributed by atoms with Crippen molar-refractivity contribution in [3.8, 4) is 0 Å². The molecule has 3 heteroatoms. The third kappa shape index (κ3) is 1.47. The summed E-state index contributed by atoms with van der Waals surface area (Å²) in [6.45, 7) is 2.01. The van der Waals surface area contributed by atoms with Crippen LogP contribution in [0.25, 0.3) is 0 Å². The van der Waals surface area contributed by atoms with Crippen molar-refractivity contribution in [2.45, 2.75) is 25.3 Å². The Morgan fingerprint density at radius 1 is 1.44 bits per heavy atom. The summed E-state index contributed by atoms with van der Waals surface area (Å²) in [6, 6.07) is 8.71. The molecule has 2 nitrogen and oxygen atoms in total. The van der Waals surface area contributed by atoms with Crippen LogP contribution in [-0.4, -0.2) is 4.98 Å². The number of hydrogen-bond acceptors (Lipinski definition) is 3. The van der Waals surface area contributed by atoms with E-state index in [0.29, 0.717) is 5.92 Å². The minimum Gasteiger partial charge on any atom is -0.323 e. The molecule has 2 unspecified atom stereocenters. The number of thiazole rings is 1. The molecule has 1 aromatic carbocycles. The van der Waals surface area contributed by atoms with Crippen LogP contribution in [0.2, 0.25) is 0 Å². The first-order chi connectivity index (χ1) is 7.75. The lowest BCUT2D eigenvalue weighted by atomic mass is 9.78. The number of nitrogens with two attached hydrogens (primary N) is 1. The van der Waals surface area contributed by atoms with Crippen LogP contribution in [0, 0.1) is 0 Å². The van der Waals surface area contributed by atoms with Crippen molar-refractivity contribution in [3.63, 3.8) is 0 Å². The quantitative estimate of drug-likeness (QED) is 0.861. The van der Waals surface area contributed by atoms with E-state index in [4.69, 9.17) is 5.73 Å². The van der Waals surface area contributed by atoms with E-state index in [-0.39, 0.29) is 6.04 Å². The number of nitrogens with zero attached hydrogens (tertiary/aromatic N) is 1. The molecule has 0 bridgehead atoms. The van der Waals surface area contributed by atoms with Crippen LogP contribution in [0.5, 0.6) is 0 Å². The molecule has 0 radical (unpaired) electrons. The van der Waals surface area contributed by atoms with Gasteiger partial charge in [0.1, 0.15) is 5.01 Å². The second-order valence-electron chi connectivity index (χ2n) is 4.35. The van der Waals surface area contributed by atoms with Gasteiger partial charge in [-0.3, -0.25) is 0 Å². The molecular formula is C13H14N2S. The van der Waals surface area contributed by atoms with Crippen molar-refractivity contribution in [3.05, 3.63) is 51.5 Å². The summed E-state index contributed by atoms with van der Waals surface area (Å²) < 4.78 is 0. The van der Waals surface area contributed by atoms with E-state index in [1.807, 2.05) is 13.1 Å². The maximum absolute atomic E-state index is 5.85. The topological polar surface area (TPSA) is 38.9 Å². The Morgan fingerprint density at radius 2 is 2.25 bits per heavy atom. The lowest BCUT2D eigenvalue weighted by molar-refractivity contribution is 0.702. The van der Waals surface area contributed by atoms with Crippen molar-refractivity contribution >= 4 is 11.3 Å². The number of rotatable bonds is 2. The van der Waals surface area contributed by atoms with E-state index in [1.54, 1.807) is 11.3 Å². The van der Waals surface area contributed by atoms with Crippen LogP contribution in [0.4, 0.5) is 0 Å². The van der Waals surface area contributed by atoms with E-state index in [2.05, 4.69) is 29.2 Å². The lowest BCUT2D eigenvalue weighted by Crippen LogP contribution is -2.17. The Kier molecular flexibility index (Phi) is 2.30. The predicted molar refractivity (Wildman–Crippen MR) is 66.7 cm³/mol. The average molecular weight is 230 g/mol. The molecule has 16 heavy (non-hydrogen) atoms. The summed E-state index contributed by atoms with van der Waals surface area (Å²) in [5.41, 5.74) is 8.75. The molecule has 82 valence electrons. The van der Waals surface area contributed by atoms with Crippen molar-refractivity contribution in [1.82, 2.24) is 4.98 Å². The minimum atomic E-state index is 0.0987. The molecule has 1 aliphatic carbocycles. The molecule has 0 amide bonds. The fourth-order valence-corrected chi connectivity index (χ4v) is 3.14. The second-order valence-corrected chi connectivity index (χ2v) is 5.44. The molecule has 2 aromatic rings. The molecule has 2 N–H and O–H groups in total. The van der Waals surface area contributed by atoms with Crippen LogP contribution in [0.3, 0.4) is 0 Å². The molecule has 0 saturated heterocycles. The zero-order valence-electron chi connectivity index (χ0n) is 9.18. The second kappa shape index (κ2) is 3.68. The molecule has 0 spiro atoms. The SMILES string of the molecule is CC(N)c1cnc(C2Cc3ccccc32)s1. The zero-order valence-corrected chi connectivity index (χ0v) is 10.00. The summed E-state index contributed by atoms with van der Waals surface area (Å²) in [5.74, 6) is 0.508. The summed E-state index contributed by atoms with van der Waals surface area (Å²) in [6.07, 6.45) is 3.05. The van der Waals surface area contributed by atoms with Crippen LogP contribution >= 0.6 is 11.3 Å².